The van der Waals surface area contributed by atoms with Gasteiger partial charge in [-0.05, 0) is 24.8 Å². The average molecular weight is 288 g/mol. The molecule has 0 aliphatic carbocycles. The number of nitrogens with one attached hydrogen (secondary N) is 1. The first-order valence-electron chi connectivity index (χ1n) is 6.51. The maximum absolute atomic E-state index is 11.7. The number of carbonyl (C=O) groups is 3. The van der Waals surface area contributed by atoms with Crippen molar-refractivity contribution in [2.45, 2.75) is 45.6 Å². The molecule has 0 saturated heterocycles. The van der Waals surface area contributed by atoms with Crippen LogP contribution < -0.4 is 11.1 Å². The Morgan fingerprint density at radius 3 is 2.35 bits per heavy atom. The van der Waals surface area contributed by atoms with E-state index in [2.05, 4.69) is 10.1 Å². The highest BCUT2D eigenvalue weighted by atomic mass is 16.5. The van der Waals surface area contributed by atoms with Gasteiger partial charge in [-0.2, -0.15) is 0 Å². The van der Waals surface area contributed by atoms with Crippen LogP contribution in [0, 0.1) is 5.41 Å². The van der Waals surface area contributed by atoms with Gasteiger partial charge in [0.1, 0.15) is 6.04 Å². The van der Waals surface area contributed by atoms with E-state index in [1.54, 1.807) is 0 Å². The molecule has 116 valence electrons. The molecule has 7 heteroatoms. The zero-order chi connectivity index (χ0) is 15.8. The van der Waals surface area contributed by atoms with E-state index in [-0.39, 0.29) is 18.3 Å². The fourth-order valence-corrected chi connectivity index (χ4v) is 1.68. The number of ether oxygens (including phenoxy) is 1. The second kappa shape index (κ2) is 8.52. The van der Waals surface area contributed by atoms with Gasteiger partial charge in [0.05, 0.1) is 13.5 Å². The first-order chi connectivity index (χ1) is 9.21. The maximum atomic E-state index is 11.7. The van der Waals surface area contributed by atoms with Gasteiger partial charge in [0.25, 0.3) is 0 Å². The van der Waals surface area contributed by atoms with Crippen LogP contribution in [-0.2, 0) is 19.1 Å². The molecule has 1 atom stereocenters. The minimum absolute atomic E-state index is 0.0762. The number of hydrogen-bond acceptors (Lipinski definition) is 5. The van der Waals surface area contributed by atoms with Gasteiger partial charge in [0, 0.05) is 6.42 Å². The number of esters is 1. The molecule has 0 aromatic carbocycles. The quantitative estimate of drug-likeness (QED) is 0.524. The Balaban J connectivity index is 4.33. The molecule has 0 saturated carbocycles. The van der Waals surface area contributed by atoms with Crippen LogP contribution in [0.1, 0.15) is 39.5 Å². The predicted molar refractivity (Wildman–Crippen MR) is 72.9 cm³/mol. The van der Waals surface area contributed by atoms with Crippen molar-refractivity contribution in [1.29, 1.82) is 0 Å². The summed E-state index contributed by atoms with van der Waals surface area (Å²) in [7, 11) is 1.17. The Morgan fingerprint density at radius 1 is 1.30 bits per heavy atom. The number of nitrogens with two attached hydrogens (primary N) is 1. The molecule has 0 aromatic rings. The van der Waals surface area contributed by atoms with Crippen molar-refractivity contribution in [2.24, 2.45) is 11.1 Å². The third-order valence-electron chi connectivity index (χ3n) is 3.08. The van der Waals surface area contributed by atoms with Gasteiger partial charge in [-0.1, -0.05) is 13.8 Å². The number of carboxylic acids is 1. The van der Waals surface area contributed by atoms with E-state index in [1.807, 2.05) is 13.8 Å². The van der Waals surface area contributed by atoms with Crippen molar-refractivity contribution in [2.75, 3.05) is 13.7 Å². The van der Waals surface area contributed by atoms with E-state index in [9.17, 15) is 14.4 Å². The third-order valence-corrected chi connectivity index (χ3v) is 3.08. The van der Waals surface area contributed by atoms with E-state index in [4.69, 9.17) is 10.8 Å². The Labute approximate surface area is 118 Å². The topological polar surface area (TPSA) is 119 Å². The first-order valence-corrected chi connectivity index (χ1v) is 6.51. The maximum Gasteiger partial charge on any atom is 0.326 e. The van der Waals surface area contributed by atoms with Gasteiger partial charge in [-0.15, -0.1) is 0 Å². The van der Waals surface area contributed by atoms with E-state index in [0.29, 0.717) is 13.0 Å². The summed E-state index contributed by atoms with van der Waals surface area (Å²) in [6, 6.07) is -1.26. The number of carbonyl (C=O) groups excluding carboxylic acids is 2. The molecule has 0 fully saturated rings. The zero-order valence-electron chi connectivity index (χ0n) is 12.3. The second-order valence-corrected chi connectivity index (χ2v) is 5.44. The van der Waals surface area contributed by atoms with Crippen molar-refractivity contribution >= 4 is 17.8 Å². The molecular formula is C13H24N2O5. The van der Waals surface area contributed by atoms with E-state index >= 15 is 0 Å². The highest BCUT2D eigenvalue weighted by Crippen LogP contribution is 2.25. The summed E-state index contributed by atoms with van der Waals surface area (Å²) in [6.07, 6.45) is 1.19. The molecule has 4 N–H and O–H groups in total. The monoisotopic (exact) mass is 288 g/mol. The van der Waals surface area contributed by atoms with Crippen LogP contribution in [0.4, 0.5) is 0 Å². The minimum atomic E-state index is -1.26. The van der Waals surface area contributed by atoms with Gasteiger partial charge in [0.15, 0.2) is 0 Å². The molecule has 0 spiro atoms. The summed E-state index contributed by atoms with van der Waals surface area (Å²) in [5.74, 6) is -2.34. The van der Waals surface area contributed by atoms with E-state index < -0.39 is 23.9 Å². The van der Waals surface area contributed by atoms with Crippen LogP contribution >= 0.6 is 0 Å². The molecule has 0 heterocycles. The molecule has 7 nitrogen and oxygen atoms in total. The smallest absolute Gasteiger partial charge is 0.326 e. The molecule has 0 radical (unpaired) electrons. The van der Waals surface area contributed by atoms with Crippen molar-refractivity contribution in [3.8, 4) is 0 Å². The van der Waals surface area contributed by atoms with Crippen LogP contribution in [-0.4, -0.2) is 42.6 Å². The number of aliphatic carboxylic acids is 1. The highest BCUT2D eigenvalue weighted by Gasteiger charge is 2.25. The van der Waals surface area contributed by atoms with Crippen LogP contribution in [0.5, 0.6) is 0 Å². The number of amides is 1. The lowest BCUT2D eigenvalue weighted by atomic mass is 9.84. The summed E-state index contributed by atoms with van der Waals surface area (Å²) in [4.78, 5) is 33.7. The number of carboxylic acid groups (broad SMARTS) is 1. The standard InChI is InChI=1S/C13H24N2O5/c1-13(2,6-7-14)5-4-10(16)15-9(12(18)19)8-11(17)20-3/h9H,4-8,14H2,1-3H3,(H,15,16)(H,18,19)/t9-/m0/s1. The van der Waals surface area contributed by atoms with Gasteiger partial charge in [-0.3, -0.25) is 9.59 Å². The lowest BCUT2D eigenvalue weighted by molar-refractivity contribution is -0.148. The average Bonchev–Trinajstić information content (AvgIpc) is 2.35. The number of hydrogen-bond donors (Lipinski definition) is 3. The Morgan fingerprint density at radius 2 is 1.90 bits per heavy atom. The summed E-state index contributed by atoms with van der Waals surface area (Å²) >= 11 is 0. The summed E-state index contributed by atoms with van der Waals surface area (Å²) < 4.78 is 4.39. The van der Waals surface area contributed by atoms with Gasteiger partial charge < -0.3 is 20.9 Å². The molecule has 0 unspecified atom stereocenters. The van der Waals surface area contributed by atoms with Gasteiger partial charge in [-0.25, -0.2) is 4.79 Å². The Kier molecular flexibility index (Phi) is 7.83. The van der Waals surface area contributed by atoms with Crippen molar-refractivity contribution < 1.29 is 24.2 Å². The van der Waals surface area contributed by atoms with Crippen molar-refractivity contribution in [1.82, 2.24) is 5.32 Å². The van der Waals surface area contributed by atoms with Gasteiger partial charge >= 0.3 is 11.9 Å². The molecule has 0 bridgehead atoms. The molecule has 0 aliphatic heterocycles. The van der Waals surface area contributed by atoms with Crippen LogP contribution in [0.25, 0.3) is 0 Å². The fourth-order valence-electron chi connectivity index (χ4n) is 1.68. The summed E-state index contributed by atoms with van der Waals surface area (Å²) in [5.41, 5.74) is 5.41. The number of methoxy groups -OCH3 is 1. The Bertz CT molecular complexity index is 355. The molecule has 20 heavy (non-hydrogen) atoms. The summed E-state index contributed by atoms with van der Waals surface area (Å²) in [6.45, 7) is 4.53. The zero-order valence-corrected chi connectivity index (χ0v) is 12.3. The molecule has 0 aliphatic rings. The van der Waals surface area contributed by atoms with Crippen molar-refractivity contribution in [3.05, 3.63) is 0 Å². The molecule has 1 amide bonds. The van der Waals surface area contributed by atoms with E-state index in [1.165, 1.54) is 7.11 Å². The summed E-state index contributed by atoms with van der Waals surface area (Å²) in [5, 5.41) is 11.3. The molecule has 0 rings (SSSR count). The van der Waals surface area contributed by atoms with E-state index in [0.717, 1.165) is 6.42 Å². The molecular weight excluding hydrogens is 264 g/mol. The van der Waals surface area contributed by atoms with Crippen LogP contribution in [0.3, 0.4) is 0 Å². The van der Waals surface area contributed by atoms with Crippen LogP contribution in [0.15, 0.2) is 0 Å². The lowest BCUT2D eigenvalue weighted by Crippen LogP contribution is -2.42. The number of rotatable bonds is 9. The normalized spacial score (nSPS) is 12.6. The molecule has 0 aromatic heterocycles. The van der Waals surface area contributed by atoms with Gasteiger partial charge in [0.2, 0.25) is 5.91 Å². The van der Waals surface area contributed by atoms with Crippen LogP contribution in [0.2, 0.25) is 0 Å². The van der Waals surface area contributed by atoms with Crippen molar-refractivity contribution in [3.63, 3.8) is 0 Å². The minimum Gasteiger partial charge on any atom is -0.480 e. The Hall–Kier alpha value is -1.63. The second-order valence-electron chi connectivity index (χ2n) is 5.44. The fraction of sp³-hybridized carbons (Fsp3) is 0.769. The largest absolute Gasteiger partial charge is 0.480 e. The lowest BCUT2D eigenvalue weighted by Gasteiger charge is -2.23. The SMILES string of the molecule is COC(=O)C[C@H](NC(=O)CCC(C)(C)CCN)C(=O)O. The highest BCUT2D eigenvalue weighted by molar-refractivity contribution is 5.87. The first kappa shape index (κ1) is 18.4. The predicted octanol–water partition coefficient (Wildman–Crippen LogP) is 0.274. The third kappa shape index (κ3) is 7.73.